The first-order valence-corrected chi connectivity index (χ1v) is 9.66. The van der Waals surface area contributed by atoms with Crippen LogP contribution in [0, 0.1) is 0 Å². The minimum atomic E-state index is -0.875. The van der Waals surface area contributed by atoms with Crippen LogP contribution in [0.3, 0.4) is 0 Å². The number of nitrogens with two attached hydrogens (primary N) is 1. The van der Waals surface area contributed by atoms with E-state index in [0.29, 0.717) is 10.6 Å². The summed E-state index contributed by atoms with van der Waals surface area (Å²) < 4.78 is 0. The molecule has 0 aliphatic rings. The zero-order chi connectivity index (χ0) is 20.4. The van der Waals surface area contributed by atoms with Gasteiger partial charge in [0.25, 0.3) is 5.91 Å². The normalized spacial score (nSPS) is 12.0. The van der Waals surface area contributed by atoms with Gasteiger partial charge in [-0.15, -0.1) is 0 Å². The summed E-state index contributed by atoms with van der Waals surface area (Å²) in [7, 11) is 0. The number of carbonyl (C=O) groups excluding carboxylic acids is 2. The molecule has 3 N–H and O–H groups in total. The monoisotopic (exact) mass is 402 g/mol. The molecular formula is C24H19ClN2O2. The maximum atomic E-state index is 13.3. The van der Waals surface area contributed by atoms with Crippen molar-refractivity contribution in [3.8, 4) is 0 Å². The molecule has 4 aromatic carbocycles. The third-order valence-electron chi connectivity index (χ3n) is 5.03. The number of hydrogen-bond donors (Lipinski definition) is 2. The first-order chi connectivity index (χ1) is 14.0. The Morgan fingerprint density at radius 1 is 0.862 bits per heavy atom. The fourth-order valence-electron chi connectivity index (χ4n) is 3.60. The highest BCUT2D eigenvalue weighted by molar-refractivity contribution is 6.31. The molecule has 0 fully saturated rings. The maximum Gasteiger partial charge on any atom is 0.253 e. The summed E-state index contributed by atoms with van der Waals surface area (Å²) in [5.41, 5.74) is 6.87. The van der Waals surface area contributed by atoms with Gasteiger partial charge in [0.1, 0.15) is 6.04 Å². The maximum absolute atomic E-state index is 13.3. The van der Waals surface area contributed by atoms with Gasteiger partial charge in [-0.05, 0) is 39.2 Å². The fourth-order valence-corrected chi connectivity index (χ4v) is 3.81. The lowest BCUT2D eigenvalue weighted by Gasteiger charge is -2.18. The number of rotatable bonds is 5. The molecule has 1 atom stereocenters. The SMILES string of the molecule is NC(=O)[C@@H](Cc1ccccc1Cl)NC(=O)c1c2ccccc2cc2ccccc12. The average molecular weight is 403 g/mol. The summed E-state index contributed by atoms with van der Waals surface area (Å²) in [6.07, 6.45) is 0.226. The van der Waals surface area contributed by atoms with Crippen molar-refractivity contribution in [2.45, 2.75) is 12.5 Å². The van der Waals surface area contributed by atoms with Gasteiger partial charge in [0.2, 0.25) is 5.91 Å². The zero-order valence-corrected chi connectivity index (χ0v) is 16.3. The zero-order valence-electron chi connectivity index (χ0n) is 15.6. The van der Waals surface area contributed by atoms with Crippen LogP contribution in [0.2, 0.25) is 5.02 Å². The van der Waals surface area contributed by atoms with E-state index in [9.17, 15) is 9.59 Å². The van der Waals surface area contributed by atoms with Gasteiger partial charge in [-0.3, -0.25) is 9.59 Å². The number of halogens is 1. The molecule has 0 aliphatic heterocycles. The van der Waals surface area contributed by atoms with E-state index in [0.717, 1.165) is 27.1 Å². The minimum absolute atomic E-state index is 0.226. The van der Waals surface area contributed by atoms with Crippen LogP contribution in [0.25, 0.3) is 21.5 Å². The van der Waals surface area contributed by atoms with Crippen molar-refractivity contribution < 1.29 is 9.59 Å². The highest BCUT2D eigenvalue weighted by Crippen LogP contribution is 2.28. The Morgan fingerprint density at radius 3 is 2.00 bits per heavy atom. The molecule has 5 heteroatoms. The van der Waals surface area contributed by atoms with Gasteiger partial charge < -0.3 is 11.1 Å². The van der Waals surface area contributed by atoms with Crippen LogP contribution in [-0.4, -0.2) is 17.9 Å². The molecule has 0 aliphatic carbocycles. The number of benzene rings is 4. The minimum Gasteiger partial charge on any atom is -0.368 e. The van der Waals surface area contributed by atoms with Gasteiger partial charge in [-0.25, -0.2) is 0 Å². The van der Waals surface area contributed by atoms with Crippen molar-refractivity contribution >= 4 is 45.0 Å². The second kappa shape index (κ2) is 7.94. The van der Waals surface area contributed by atoms with Crippen molar-refractivity contribution in [2.24, 2.45) is 5.73 Å². The van der Waals surface area contributed by atoms with Crippen LogP contribution in [-0.2, 0) is 11.2 Å². The second-order valence-electron chi connectivity index (χ2n) is 6.92. The first kappa shape index (κ1) is 19.0. The van der Waals surface area contributed by atoms with Gasteiger partial charge in [0, 0.05) is 11.4 Å². The Labute approximate surface area is 173 Å². The highest BCUT2D eigenvalue weighted by Gasteiger charge is 2.23. The van der Waals surface area contributed by atoms with Gasteiger partial charge in [-0.1, -0.05) is 78.3 Å². The molecule has 0 heterocycles. The van der Waals surface area contributed by atoms with Crippen LogP contribution in [0.4, 0.5) is 0 Å². The molecule has 0 saturated carbocycles. The van der Waals surface area contributed by atoms with E-state index in [1.165, 1.54) is 0 Å². The van der Waals surface area contributed by atoms with Crippen molar-refractivity contribution in [2.75, 3.05) is 0 Å². The van der Waals surface area contributed by atoms with Crippen LogP contribution < -0.4 is 11.1 Å². The van der Waals surface area contributed by atoms with E-state index in [1.54, 1.807) is 6.07 Å². The number of fused-ring (bicyclic) bond motifs is 2. The lowest BCUT2D eigenvalue weighted by atomic mass is 9.95. The molecule has 0 radical (unpaired) electrons. The summed E-state index contributed by atoms with van der Waals surface area (Å²) in [6, 6.07) is 23.8. The van der Waals surface area contributed by atoms with Crippen LogP contribution in [0.15, 0.2) is 78.9 Å². The number of amides is 2. The Bertz CT molecular complexity index is 1180. The summed E-state index contributed by atoms with van der Waals surface area (Å²) >= 11 is 6.22. The second-order valence-corrected chi connectivity index (χ2v) is 7.32. The standard InChI is InChI=1S/C24H19ClN2O2/c25-20-12-6-3-9-17(20)14-21(23(26)28)27-24(29)22-18-10-4-1-7-15(18)13-16-8-2-5-11-19(16)22/h1-13,21H,14H2,(H2,26,28)(H,27,29)/t21-/m1/s1. The highest BCUT2D eigenvalue weighted by atomic mass is 35.5. The van der Waals surface area contributed by atoms with Crippen molar-refractivity contribution in [1.82, 2.24) is 5.32 Å². The van der Waals surface area contributed by atoms with Crippen molar-refractivity contribution in [3.05, 3.63) is 95.0 Å². The molecule has 4 aromatic rings. The molecule has 0 saturated heterocycles. The summed E-state index contributed by atoms with van der Waals surface area (Å²) in [5.74, 6) is -0.948. The molecule has 0 bridgehead atoms. The Balaban J connectivity index is 1.75. The largest absolute Gasteiger partial charge is 0.368 e. The number of primary amides is 1. The molecule has 0 spiro atoms. The summed E-state index contributed by atoms with van der Waals surface area (Å²) in [5, 5.41) is 6.91. The number of nitrogens with one attached hydrogen (secondary N) is 1. The lowest BCUT2D eigenvalue weighted by molar-refractivity contribution is -0.119. The fraction of sp³-hybridized carbons (Fsp3) is 0.0833. The summed E-state index contributed by atoms with van der Waals surface area (Å²) in [4.78, 5) is 25.4. The van der Waals surface area contributed by atoms with E-state index in [1.807, 2.05) is 66.7 Å². The predicted octanol–water partition coefficient (Wildman–Crippen LogP) is 4.47. The Kier molecular flexibility index (Phi) is 5.19. The molecule has 0 aromatic heterocycles. The van der Waals surface area contributed by atoms with Gasteiger partial charge in [0.15, 0.2) is 0 Å². The smallest absolute Gasteiger partial charge is 0.253 e. The van der Waals surface area contributed by atoms with Crippen molar-refractivity contribution in [3.63, 3.8) is 0 Å². The summed E-state index contributed by atoms with van der Waals surface area (Å²) in [6.45, 7) is 0. The molecule has 4 rings (SSSR count). The van der Waals surface area contributed by atoms with Crippen LogP contribution in [0.1, 0.15) is 15.9 Å². The van der Waals surface area contributed by atoms with E-state index in [2.05, 4.69) is 11.4 Å². The van der Waals surface area contributed by atoms with Crippen LogP contribution in [0.5, 0.6) is 0 Å². The number of carbonyl (C=O) groups is 2. The third kappa shape index (κ3) is 3.80. The predicted molar refractivity (Wildman–Crippen MR) is 117 cm³/mol. The molecule has 0 unspecified atom stereocenters. The van der Waals surface area contributed by atoms with Gasteiger partial charge in [-0.2, -0.15) is 0 Å². The molecule has 4 nitrogen and oxygen atoms in total. The van der Waals surface area contributed by atoms with E-state index in [-0.39, 0.29) is 12.3 Å². The average Bonchev–Trinajstić information content (AvgIpc) is 2.72. The van der Waals surface area contributed by atoms with Crippen molar-refractivity contribution in [1.29, 1.82) is 0 Å². The Hall–Kier alpha value is -3.37. The lowest BCUT2D eigenvalue weighted by Crippen LogP contribution is -2.46. The Morgan fingerprint density at radius 2 is 1.41 bits per heavy atom. The topological polar surface area (TPSA) is 72.2 Å². The molecule has 144 valence electrons. The number of hydrogen-bond acceptors (Lipinski definition) is 2. The van der Waals surface area contributed by atoms with Crippen LogP contribution >= 0.6 is 11.6 Å². The molecular weight excluding hydrogens is 384 g/mol. The van der Waals surface area contributed by atoms with Gasteiger partial charge in [0.05, 0.1) is 5.56 Å². The molecule has 29 heavy (non-hydrogen) atoms. The molecule has 2 amide bonds. The first-order valence-electron chi connectivity index (χ1n) is 9.28. The van der Waals surface area contributed by atoms with E-state index >= 15 is 0 Å². The third-order valence-corrected chi connectivity index (χ3v) is 5.40. The quantitative estimate of drug-likeness (QED) is 0.483. The van der Waals surface area contributed by atoms with E-state index in [4.69, 9.17) is 17.3 Å². The van der Waals surface area contributed by atoms with E-state index < -0.39 is 11.9 Å². The van der Waals surface area contributed by atoms with Gasteiger partial charge >= 0.3 is 0 Å².